The summed E-state index contributed by atoms with van der Waals surface area (Å²) in [5.74, 6) is 0.449. The number of hydrogen-bond donors (Lipinski definition) is 0. The summed E-state index contributed by atoms with van der Waals surface area (Å²) < 4.78 is 5.37. The Morgan fingerprint density at radius 3 is 2.36 bits per heavy atom. The topological polar surface area (TPSA) is 45.7 Å². The number of methoxy groups -OCH3 is 1. The standard InChI is InChI=1S/C17H27N3O2/c1-11-12(2)15(16(22-6)18-13(11)3)17(21)20(5)14-7-9-19(4)10-8-14/h14H,7-10H2,1-6H3. The van der Waals surface area contributed by atoms with Crippen LogP contribution in [0.3, 0.4) is 0 Å². The van der Waals surface area contributed by atoms with Gasteiger partial charge in [0.25, 0.3) is 5.91 Å². The molecule has 0 bridgehead atoms. The molecule has 1 aromatic heterocycles. The van der Waals surface area contributed by atoms with Crippen LogP contribution in [-0.4, -0.2) is 61.0 Å². The maximum atomic E-state index is 13.0. The van der Waals surface area contributed by atoms with Crippen molar-refractivity contribution in [3.05, 3.63) is 22.4 Å². The van der Waals surface area contributed by atoms with E-state index in [-0.39, 0.29) is 11.9 Å². The minimum absolute atomic E-state index is 0.0134. The molecule has 5 nitrogen and oxygen atoms in total. The number of likely N-dealkylation sites (tertiary alicyclic amines) is 1. The number of amides is 1. The molecule has 1 aromatic rings. The van der Waals surface area contributed by atoms with Crippen molar-refractivity contribution >= 4 is 5.91 Å². The first-order chi connectivity index (χ1) is 10.4. The summed E-state index contributed by atoms with van der Waals surface area (Å²) in [4.78, 5) is 21.6. The van der Waals surface area contributed by atoms with Gasteiger partial charge in [-0.2, -0.15) is 0 Å². The molecule has 0 unspecified atom stereocenters. The quantitative estimate of drug-likeness (QED) is 0.859. The number of nitrogens with zero attached hydrogens (tertiary/aromatic N) is 3. The molecule has 0 saturated carbocycles. The van der Waals surface area contributed by atoms with Crippen molar-refractivity contribution in [2.24, 2.45) is 0 Å². The van der Waals surface area contributed by atoms with Crippen LogP contribution in [0.15, 0.2) is 0 Å². The Kier molecular flexibility index (Phi) is 5.06. The molecule has 2 rings (SSSR count). The minimum Gasteiger partial charge on any atom is -0.480 e. The van der Waals surface area contributed by atoms with Crippen LogP contribution >= 0.6 is 0 Å². The molecule has 0 aromatic carbocycles. The molecule has 122 valence electrons. The molecule has 2 heterocycles. The highest BCUT2D eigenvalue weighted by atomic mass is 16.5. The summed E-state index contributed by atoms with van der Waals surface area (Å²) in [7, 11) is 5.59. The highest BCUT2D eigenvalue weighted by Gasteiger charge is 2.28. The van der Waals surface area contributed by atoms with Crippen LogP contribution in [0.25, 0.3) is 0 Å². The first-order valence-corrected chi connectivity index (χ1v) is 7.84. The van der Waals surface area contributed by atoms with E-state index in [1.165, 1.54) is 0 Å². The van der Waals surface area contributed by atoms with Crippen LogP contribution in [0.2, 0.25) is 0 Å². The zero-order valence-corrected chi connectivity index (χ0v) is 14.6. The Bertz CT molecular complexity index is 564. The van der Waals surface area contributed by atoms with Gasteiger partial charge in [0.2, 0.25) is 5.88 Å². The van der Waals surface area contributed by atoms with E-state index < -0.39 is 0 Å². The van der Waals surface area contributed by atoms with Gasteiger partial charge >= 0.3 is 0 Å². The number of aromatic nitrogens is 1. The van der Waals surface area contributed by atoms with E-state index in [1.807, 2.05) is 32.7 Å². The Morgan fingerprint density at radius 2 is 1.82 bits per heavy atom. The van der Waals surface area contributed by atoms with Crippen LogP contribution in [-0.2, 0) is 0 Å². The SMILES string of the molecule is COc1nc(C)c(C)c(C)c1C(=O)N(C)C1CCN(C)CC1. The third-order valence-corrected chi connectivity index (χ3v) is 4.93. The molecule has 1 amide bonds. The van der Waals surface area contributed by atoms with E-state index in [4.69, 9.17) is 4.74 Å². The second-order valence-corrected chi connectivity index (χ2v) is 6.28. The lowest BCUT2D eigenvalue weighted by Crippen LogP contribution is -2.44. The molecule has 1 saturated heterocycles. The number of carbonyl (C=O) groups excluding carboxylic acids is 1. The van der Waals surface area contributed by atoms with Crippen molar-refractivity contribution in [1.82, 2.24) is 14.8 Å². The molecule has 22 heavy (non-hydrogen) atoms. The summed E-state index contributed by atoms with van der Waals surface area (Å²) >= 11 is 0. The summed E-state index contributed by atoms with van der Waals surface area (Å²) in [5, 5.41) is 0. The number of ether oxygens (including phenoxy) is 1. The summed E-state index contributed by atoms with van der Waals surface area (Å²) in [6.45, 7) is 7.98. The molecule has 0 atom stereocenters. The second-order valence-electron chi connectivity index (χ2n) is 6.28. The summed E-state index contributed by atoms with van der Waals surface area (Å²) in [6.07, 6.45) is 2.02. The largest absolute Gasteiger partial charge is 0.480 e. The van der Waals surface area contributed by atoms with E-state index in [0.717, 1.165) is 42.8 Å². The molecule has 0 spiro atoms. The van der Waals surface area contributed by atoms with Crippen LogP contribution in [0, 0.1) is 20.8 Å². The van der Waals surface area contributed by atoms with Gasteiger partial charge < -0.3 is 14.5 Å². The maximum absolute atomic E-state index is 13.0. The number of hydrogen-bond acceptors (Lipinski definition) is 4. The van der Waals surface area contributed by atoms with Gasteiger partial charge in [0, 0.05) is 18.8 Å². The van der Waals surface area contributed by atoms with E-state index >= 15 is 0 Å². The van der Waals surface area contributed by atoms with Crippen molar-refractivity contribution in [3.8, 4) is 5.88 Å². The Morgan fingerprint density at radius 1 is 1.23 bits per heavy atom. The Labute approximate surface area is 133 Å². The van der Waals surface area contributed by atoms with E-state index in [0.29, 0.717) is 11.4 Å². The van der Waals surface area contributed by atoms with Crippen LogP contribution < -0.4 is 4.74 Å². The van der Waals surface area contributed by atoms with Gasteiger partial charge in [0.1, 0.15) is 5.56 Å². The normalized spacial score (nSPS) is 16.6. The average molecular weight is 305 g/mol. The number of aryl methyl sites for hydroxylation is 1. The van der Waals surface area contributed by atoms with E-state index in [2.05, 4.69) is 16.9 Å². The smallest absolute Gasteiger partial charge is 0.259 e. The molecule has 0 N–H and O–H groups in total. The zero-order chi connectivity index (χ0) is 16.4. The highest BCUT2D eigenvalue weighted by molar-refractivity contribution is 5.98. The lowest BCUT2D eigenvalue weighted by Gasteiger charge is -2.35. The van der Waals surface area contributed by atoms with Crippen molar-refractivity contribution in [1.29, 1.82) is 0 Å². The summed E-state index contributed by atoms with van der Waals surface area (Å²) in [5.41, 5.74) is 3.54. The fraction of sp³-hybridized carbons (Fsp3) is 0.647. The maximum Gasteiger partial charge on any atom is 0.259 e. The van der Waals surface area contributed by atoms with Crippen molar-refractivity contribution in [2.45, 2.75) is 39.7 Å². The van der Waals surface area contributed by atoms with Crippen molar-refractivity contribution in [3.63, 3.8) is 0 Å². The van der Waals surface area contributed by atoms with Crippen LogP contribution in [0.1, 0.15) is 40.0 Å². The Hall–Kier alpha value is -1.62. The fourth-order valence-electron chi connectivity index (χ4n) is 3.04. The van der Waals surface area contributed by atoms with Gasteiger partial charge in [-0.3, -0.25) is 4.79 Å². The first kappa shape index (κ1) is 16.7. The Balaban J connectivity index is 2.31. The van der Waals surface area contributed by atoms with Crippen molar-refractivity contribution < 1.29 is 9.53 Å². The molecule has 1 aliphatic heterocycles. The number of piperidine rings is 1. The lowest BCUT2D eigenvalue weighted by molar-refractivity contribution is 0.0654. The monoisotopic (exact) mass is 305 g/mol. The van der Waals surface area contributed by atoms with Crippen LogP contribution in [0.4, 0.5) is 0 Å². The fourth-order valence-corrected chi connectivity index (χ4v) is 3.04. The summed E-state index contributed by atoms with van der Waals surface area (Å²) in [6, 6.07) is 0.286. The predicted molar refractivity (Wildman–Crippen MR) is 87.6 cm³/mol. The van der Waals surface area contributed by atoms with Gasteiger partial charge in [-0.05, 0) is 64.9 Å². The van der Waals surface area contributed by atoms with E-state index in [9.17, 15) is 4.79 Å². The molecular weight excluding hydrogens is 278 g/mol. The first-order valence-electron chi connectivity index (χ1n) is 7.84. The third-order valence-electron chi connectivity index (χ3n) is 4.93. The molecule has 1 fully saturated rings. The molecule has 0 radical (unpaired) electrons. The third kappa shape index (κ3) is 3.09. The molecular formula is C17H27N3O2. The second kappa shape index (κ2) is 6.65. The average Bonchev–Trinajstić information content (AvgIpc) is 2.51. The zero-order valence-electron chi connectivity index (χ0n) is 14.6. The molecule has 5 heteroatoms. The minimum atomic E-state index is 0.0134. The van der Waals surface area contributed by atoms with Gasteiger partial charge in [0.15, 0.2) is 0 Å². The van der Waals surface area contributed by atoms with Gasteiger partial charge in [0.05, 0.1) is 7.11 Å². The van der Waals surface area contributed by atoms with Crippen LogP contribution in [0.5, 0.6) is 5.88 Å². The molecule has 0 aliphatic carbocycles. The van der Waals surface area contributed by atoms with Gasteiger partial charge in [-0.15, -0.1) is 0 Å². The number of carbonyl (C=O) groups is 1. The van der Waals surface area contributed by atoms with E-state index in [1.54, 1.807) is 7.11 Å². The number of pyridine rings is 1. The highest BCUT2D eigenvalue weighted by Crippen LogP contribution is 2.27. The van der Waals surface area contributed by atoms with Gasteiger partial charge in [-0.1, -0.05) is 0 Å². The lowest BCUT2D eigenvalue weighted by atomic mass is 9.99. The predicted octanol–water partition coefficient (Wildman–Crippen LogP) is 2.18. The van der Waals surface area contributed by atoms with Crippen molar-refractivity contribution in [2.75, 3.05) is 34.3 Å². The number of rotatable bonds is 3. The van der Waals surface area contributed by atoms with Gasteiger partial charge in [-0.25, -0.2) is 4.98 Å². The molecule has 1 aliphatic rings.